The van der Waals surface area contributed by atoms with E-state index >= 15 is 0 Å². The monoisotopic (exact) mass is 203 g/mol. The lowest BCUT2D eigenvalue weighted by Gasteiger charge is -2.06. The SMILES string of the molecule is Cc1ccc(N)c(Oc2cnn(C)c2)c1. The Kier molecular flexibility index (Phi) is 2.33. The molecule has 4 heteroatoms. The number of ether oxygens (including phenoxy) is 1. The fourth-order valence-corrected chi connectivity index (χ4v) is 1.31. The molecule has 0 saturated carbocycles. The van der Waals surface area contributed by atoms with Crippen molar-refractivity contribution in [1.29, 1.82) is 0 Å². The van der Waals surface area contributed by atoms with Gasteiger partial charge >= 0.3 is 0 Å². The van der Waals surface area contributed by atoms with Crippen LogP contribution < -0.4 is 10.5 Å². The van der Waals surface area contributed by atoms with E-state index in [4.69, 9.17) is 10.5 Å². The molecule has 0 unspecified atom stereocenters. The van der Waals surface area contributed by atoms with Crippen LogP contribution in [-0.4, -0.2) is 9.78 Å². The molecular formula is C11H13N3O. The molecule has 0 atom stereocenters. The molecule has 2 N–H and O–H groups in total. The van der Waals surface area contributed by atoms with Crippen molar-refractivity contribution in [2.24, 2.45) is 7.05 Å². The molecule has 0 amide bonds. The van der Waals surface area contributed by atoms with E-state index in [0.717, 1.165) is 5.56 Å². The standard InChI is InChI=1S/C11H13N3O/c1-8-3-4-10(12)11(5-8)15-9-6-13-14(2)7-9/h3-7H,12H2,1-2H3. The van der Waals surface area contributed by atoms with E-state index in [0.29, 0.717) is 17.2 Å². The van der Waals surface area contributed by atoms with Gasteiger partial charge in [-0.25, -0.2) is 0 Å². The molecular weight excluding hydrogens is 190 g/mol. The van der Waals surface area contributed by atoms with Gasteiger partial charge in [-0.15, -0.1) is 0 Å². The highest BCUT2D eigenvalue weighted by atomic mass is 16.5. The van der Waals surface area contributed by atoms with Crippen molar-refractivity contribution in [2.75, 3.05) is 5.73 Å². The van der Waals surface area contributed by atoms with Crippen LogP contribution in [0.5, 0.6) is 11.5 Å². The Bertz CT molecular complexity index is 476. The van der Waals surface area contributed by atoms with Crippen LogP contribution in [0.1, 0.15) is 5.56 Å². The number of nitrogens with zero attached hydrogens (tertiary/aromatic N) is 2. The first-order chi connectivity index (χ1) is 7.15. The van der Waals surface area contributed by atoms with Crippen LogP contribution in [0.4, 0.5) is 5.69 Å². The molecule has 0 saturated heterocycles. The number of hydrogen-bond acceptors (Lipinski definition) is 3. The van der Waals surface area contributed by atoms with Crippen molar-refractivity contribution in [3.8, 4) is 11.5 Å². The summed E-state index contributed by atoms with van der Waals surface area (Å²) in [5.74, 6) is 1.36. The zero-order chi connectivity index (χ0) is 10.8. The molecule has 0 spiro atoms. The largest absolute Gasteiger partial charge is 0.452 e. The normalized spacial score (nSPS) is 10.3. The van der Waals surface area contributed by atoms with Gasteiger partial charge in [-0.05, 0) is 24.6 Å². The number of anilines is 1. The van der Waals surface area contributed by atoms with E-state index in [1.165, 1.54) is 0 Å². The van der Waals surface area contributed by atoms with E-state index in [1.54, 1.807) is 17.1 Å². The lowest BCUT2D eigenvalue weighted by molar-refractivity contribution is 0.484. The van der Waals surface area contributed by atoms with E-state index in [2.05, 4.69) is 5.10 Å². The van der Waals surface area contributed by atoms with Gasteiger partial charge in [-0.1, -0.05) is 6.07 Å². The topological polar surface area (TPSA) is 53.1 Å². The maximum Gasteiger partial charge on any atom is 0.165 e. The summed E-state index contributed by atoms with van der Waals surface area (Å²) >= 11 is 0. The van der Waals surface area contributed by atoms with E-state index in [-0.39, 0.29) is 0 Å². The predicted molar refractivity (Wildman–Crippen MR) is 58.9 cm³/mol. The van der Waals surface area contributed by atoms with Crippen LogP contribution in [0.2, 0.25) is 0 Å². The Balaban J connectivity index is 2.27. The van der Waals surface area contributed by atoms with Crippen molar-refractivity contribution < 1.29 is 4.74 Å². The maximum atomic E-state index is 5.79. The van der Waals surface area contributed by atoms with E-state index in [9.17, 15) is 0 Å². The van der Waals surface area contributed by atoms with E-state index < -0.39 is 0 Å². The fourth-order valence-electron chi connectivity index (χ4n) is 1.31. The molecule has 1 aromatic heterocycles. The average Bonchev–Trinajstić information content (AvgIpc) is 2.58. The zero-order valence-electron chi connectivity index (χ0n) is 8.77. The molecule has 0 aliphatic carbocycles. The fraction of sp³-hybridized carbons (Fsp3) is 0.182. The highest BCUT2D eigenvalue weighted by molar-refractivity contribution is 5.55. The molecule has 0 aliphatic rings. The Morgan fingerprint density at radius 2 is 2.20 bits per heavy atom. The van der Waals surface area contributed by atoms with Gasteiger partial charge in [-0.3, -0.25) is 4.68 Å². The second-order valence-electron chi connectivity index (χ2n) is 3.49. The summed E-state index contributed by atoms with van der Waals surface area (Å²) in [5, 5.41) is 4.02. The smallest absolute Gasteiger partial charge is 0.165 e. The van der Waals surface area contributed by atoms with Crippen molar-refractivity contribution in [2.45, 2.75) is 6.92 Å². The summed E-state index contributed by atoms with van der Waals surface area (Å²) in [7, 11) is 1.84. The Morgan fingerprint density at radius 1 is 1.40 bits per heavy atom. The summed E-state index contributed by atoms with van der Waals surface area (Å²) in [6.07, 6.45) is 3.45. The number of aryl methyl sites for hydroxylation is 2. The number of nitrogens with two attached hydrogens (primary N) is 1. The third-order valence-corrected chi connectivity index (χ3v) is 2.08. The van der Waals surface area contributed by atoms with Gasteiger partial charge < -0.3 is 10.5 Å². The summed E-state index contributed by atoms with van der Waals surface area (Å²) in [4.78, 5) is 0. The van der Waals surface area contributed by atoms with Gasteiger partial charge in [0.1, 0.15) is 0 Å². The minimum absolute atomic E-state index is 0.629. The molecule has 0 aliphatic heterocycles. The van der Waals surface area contributed by atoms with Gasteiger partial charge in [0.25, 0.3) is 0 Å². The van der Waals surface area contributed by atoms with Gasteiger partial charge in [0.05, 0.1) is 18.1 Å². The molecule has 15 heavy (non-hydrogen) atoms. The van der Waals surface area contributed by atoms with Crippen LogP contribution >= 0.6 is 0 Å². The Labute approximate surface area is 88.3 Å². The second kappa shape index (κ2) is 3.65. The van der Waals surface area contributed by atoms with Crippen molar-refractivity contribution in [3.05, 3.63) is 36.2 Å². The summed E-state index contributed by atoms with van der Waals surface area (Å²) in [6, 6.07) is 5.69. The molecule has 2 aromatic rings. The van der Waals surface area contributed by atoms with Crippen LogP contribution in [0.3, 0.4) is 0 Å². The summed E-state index contributed by atoms with van der Waals surface area (Å²) in [5.41, 5.74) is 7.53. The summed E-state index contributed by atoms with van der Waals surface area (Å²) in [6.45, 7) is 2.00. The van der Waals surface area contributed by atoms with Gasteiger partial charge in [0.15, 0.2) is 11.5 Å². The average molecular weight is 203 g/mol. The second-order valence-corrected chi connectivity index (χ2v) is 3.49. The quantitative estimate of drug-likeness (QED) is 0.760. The molecule has 0 bridgehead atoms. The molecule has 0 fully saturated rings. The first-order valence-electron chi connectivity index (χ1n) is 4.68. The Morgan fingerprint density at radius 3 is 2.87 bits per heavy atom. The van der Waals surface area contributed by atoms with E-state index in [1.807, 2.05) is 32.2 Å². The first kappa shape index (κ1) is 9.58. The molecule has 1 heterocycles. The highest BCUT2D eigenvalue weighted by Gasteiger charge is 2.03. The predicted octanol–water partition coefficient (Wildman–Crippen LogP) is 2.10. The Hall–Kier alpha value is -1.97. The maximum absolute atomic E-state index is 5.79. The third-order valence-electron chi connectivity index (χ3n) is 2.08. The van der Waals surface area contributed by atoms with Gasteiger partial charge in [-0.2, -0.15) is 5.10 Å². The minimum Gasteiger partial charge on any atom is -0.452 e. The first-order valence-corrected chi connectivity index (χ1v) is 4.68. The lowest BCUT2D eigenvalue weighted by atomic mass is 10.2. The molecule has 1 aromatic carbocycles. The number of hydrogen-bond donors (Lipinski definition) is 1. The van der Waals surface area contributed by atoms with Crippen LogP contribution in [-0.2, 0) is 7.05 Å². The highest BCUT2D eigenvalue weighted by Crippen LogP contribution is 2.27. The van der Waals surface area contributed by atoms with Crippen molar-refractivity contribution in [3.63, 3.8) is 0 Å². The summed E-state index contributed by atoms with van der Waals surface area (Å²) < 4.78 is 7.28. The zero-order valence-corrected chi connectivity index (χ0v) is 8.77. The number of benzene rings is 1. The molecule has 0 radical (unpaired) electrons. The van der Waals surface area contributed by atoms with Crippen LogP contribution in [0.15, 0.2) is 30.6 Å². The molecule has 2 rings (SSSR count). The third kappa shape index (κ3) is 2.10. The lowest BCUT2D eigenvalue weighted by Crippen LogP contribution is -1.92. The molecule has 78 valence electrons. The van der Waals surface area contributed by atoms with Gasteiger partial charge in [0.2, 0.25) is 0 Å². The number of rotatable bonds is 2. The van der Waals surface area contributed by atoms with Gasteiger partial charge in [0, 0.05) is 7.05 Å². The van der Waals surface area contributed by atoms with Crippen LogP contribution in [0.25, 0.3) is 0 Å². The van der Waals surface area contributed by atoms with Crippen molar-refractivity contribution >= 4 is 5.69 Å². The van der Waals surface area contributed by atoms with Crippen LogP contribution in [0, 0.1) is 6.92 Å². The number of nitrogen functional groups attached to an aromatic ring is 1. The molecule has 4 nitrogen and oxygen atoms in total. The minimum atomic E-state index is 0.629. The van der Waals surface area contributed by atoms with Crippen molar-refractivity contribution in [1.82, 2.24) is 9.78 Å². The number of aromatic nitrogens is 2.